The van der Waals surface area contributed by atoms with Crippen LogP contribution >= 0.6 is 11.3 Å². The summed E-state index contributed by atoms with van der Waals surface area (Å²) in [6.45, 7) is 6.97. The lowest BCUT2D eigenvalue weighted by Crippen LogP contribution is -2.36. The van der Waals surface area contributed by atoms with Gasteiger partial charge in [-0.05, 0) is 31.5 Å². The predicted molar refractivity (Wildman–Crippen MR) is 86.5 cm³/mol. The number of fused-ring (bicyclic) bond motifs is 1. The number of nitrogens with one attached hydrogen (secondary N) is 1. The molecule has 1 N–H and O–H groups in total. The summed E-state index contributed by atoms with van der Waals surface area (Å²) in [6.07, 6.45) is 3.16. The monoisotopic (exact) mass is 292 g/mol. The molecule has 0 amide bonds. The first-order chi connectivity index (χ1) is 9.83. The molecule has 4 heteroatoms. The van der Waals surface area contributed by atoms with Crippen molar-refractivity contribution < 1.29 is 4.74 Å². The maximum absolute atomic E-state index is 5.70. The summed E-state index contributed by atoms with van der Waals surface area (Å²) < 4.78 is 6.97. The lowest BCUT2D eigenvalue weighted by molar-refractivity contribution is 0.111. The van der Waals surface area contributed by atoms with Crippen molar-refractivity contribution in [3.05, 3.63) is 29.3 Å². The molecule has 1 heterocycles. The van der Waals surface area contributed by atoms with E-state index in [4.69, 9.17) is 9.72 Å². The second-order valence-corrected chi connectivity index (χ2v) is 6.12. The van der Waals surface area contributed by atoms with Crippen LogP contribution in [0.25, 0.3) is 10.2 Å². The van der Waals surface area contributed by atoms with Crippen LogP contribution in [-0.4, -0.2) is 30.8 Å². The van der Waals surface area contributed by atoms with Crippen molar-refractivity contribution in [2.75, 3.05) is 19.8 Å². The number of rotatable bonds is 9. The third-order valence-electron chi connectivity index (χ3n) is 3.11. The number of hydrogen-bond acceptors (Lipinski definition) is 4. The first-order valence-corrected chi connectivity index (χ1v) is 8.30. The summed E-state index contributed by atoms with van der Waals surface area (Å²) in [5.41, 5.74) is 1.11. The highest BCUT2D eigenvalue weighted by molar-refractivity contribution is 7.18. The minimum Gasteiger partial charge on any atom is -0.380 e. The zero-order chi connectivity index (χ0) is 14.2. The number of aromatic nitrogens is 1. The van der Waals surface area contributed by atoms with E-state index >= 15 is 0 Å². The number of nitrogens with zero attached hydrogens (tertiary/aromatic N) is 1. The molecule has 0 aliphatic carbocycles. The largest absolute Gasteiger partial charge is 0.380 e. The first-order valence-electron chi connectivity index (χ1n) is 7.49. The van der Waals surface area contributed by atoms with Crippen molar-refractivity contribution in [3.8, 4) is 0 Å². The Morgan fingerprint density at radius 1 is 1.25 bits per heavy atom. The van der Waals surface area contributed by atoms with E-state index in [1.807, 2.05) is 6.07 Å². The minimum atomic E-state index is 0.363. The topological polar surface area (TPSA) is 34.1 Å². The van der Waals surface area contributed by atoms with Gasteiger partial charge in [0.25, 0.3) is 0 Å². The van der Waals surface area contributed by atoms with Crippen LogP contribution in [0.1, 0.15) is 31.7 Å². The predicted octanol–water partition coefficient (Wildman–Crippen LogP) is 3.63. The Kier molecular flexibility index (Phi) is 6.43. The molecular formula is C16H24N2OS. The van der Waals surface area contributed by atoms with Crippen LogP contribution < -0.4 is 5.32 Å². The quantitative estimate of drug-likeness (QED) is 0.717. The van der Waals surface area contributed by atoms with Gasteiger partial charge in [0.15, 0.2) is 0 Å². The molecule has 0 saturated heterocycles. The fourth-order valence-corrected chi connectivity index (χ4v) is 3.17. The molecular weight excluding hydrogens is 268 g/mol. The van der Waals surface area contributed by atoms with E-state index in [0.717, 1.165) is 44.5 Å². The number of hydrogen-bond donors (Lipinski definition) is 1. The summed E-state index contributed by atoms with van der Waals surface area (Å²) in [5, 5.41) is 4.76. The summed E-state index contributed by atoms with van der Waals surface area (Å²) in [6, 6.07) is 8.70. The van der Waals surface area contributed by atoms with Crippen LogP contribution in [0.15, 0.2) is 24.3 Å². The van der Waals surface area contributed by atoms with Gasteiger partial charge in [0.2, 0.25) is 0 Å². The fourth-order valence-electron chi connectivity index (χ4n) is 2.13. The molecule has 0 fully saturated rings. The molecule has 0 saturated carbocycles. The van der Waals surface area contributed by atoms with Crippen molar-refractivity contribution in [2.24, 2.45) is 0 Å². The van der Waals surface area contributed by atoms with Crippen molar-refractivity contribution in [1.82, 2.24) is 10.3 Å². The van der Waals surface area contributed by atoms with Gasteiger partial charge in [0.05, 0.1) is 21.8 Å². The smallest absolute Gasteiger partial charge is 0.0955 e. The molecule has 3 nitrogen and oxygen atoms in total. The number of ether oxygens (including phenoxy) is 1. The van der Waals surface area contributed by atoms with Crippen molar-refractivity contribution in [2.45, 2.75) is 39.2 Å². The number of benzene rings is 1. The Morgan fingerprint density at radius 3 is 2.85 bits per heavy atom. The summed E-state index contributed by atoms with van der Waals surface area (Å²) in [7, 11) is 0. The summed E-state index contributed by atoms with van der Waals surface area (Å²) in [4.78, 5) is 4.71. The van der Waals surface area contributed by atoms with Crippen molar-refractivity contribution in [3.63, 3.8) is 0 Å². The Bertz CT molecular complexity index is 479. The molecule has 1 atom stereocenters. The van der Waals surface area contributed by atoms with E-state index in [1.165, 1.54) is 9.71 Å². The van der Waals surface area contributed by atoms with Gasteiger partial charge in [-0.25, -0.2) is 4.98 Å². The van der Waals surface area contributed by atoms with Gasteiger partial charge in [0.1, 0.15) is 0 Å². The second-order valence-electron chi connectivity index (χ2n) is 5.01. The van der Waals surface area contributed by atoms with E-state index < -0.39 is 0 Å². The van der Waals surface area contributed by atoms with E-state index in [2.05, 4.69) is 37.4 Å². The Morgan fingerprint density at radius 2 is 2.10 bits per heavy atom. The lowest BCUT2D eigenvalue weighted by atomic mass is 10.2. The third-order valence-corrected chi connectivity index (χ3v) is 4.17. The third kappa shape index (κ3) is 4.54. The molecule has 0 aliphatic rings. The SMILES string of the molecule is CCCNC(COCCC)Cc1nc2ccccc2s1. The van der Waals surface area contributed by atoms with Gasteiger partial charge in [-0.15, -0.1) is 11.3 Å². The van der Waals surface area contributed by atoms with E-state index in [1.54, 1.807) is 11.3 Å². The zero-order valence-corrected chi connectivity index (χ0v) is 13.2. The number of para-hydroxylation sites is 1. The molecule has 1 unspecified atom stereocenters. The molecule has 2 rings (SSSR count). The van der Waals surface area contributed by atoms with Gasteiger partial charge in [-0.1, -0.05) is 26.0 Å². The van der Waals surface area contributed by atoms with E-state index in [9.17, 15) is 0 Å². The van der Waals surface area contributed by atoms with Crippen LogP contribution in [0.5, 0.6) is 0 Å². The van der Waals surface area contributed by atoms with Crippen LogP contribution in [-0.2, 0) is 11.2 Å². The molecule has 0 spiro atoms. The molecule has 0 aliphatic heterocycles. The molecule has 110 valence electrons. The van der Waals surface area contributed by atoms with E-state index in [-0.39, 0.29) is 0 Å². The fraction of sp³-hybridized carbons (Fsp3) is 0.562. The Balaban J connectivity index is 1.97. The summed E-state index contributed by atoms with van der Waals surface area (Å²) in [5.74, 6) is 0. The second kappa shape index (κ2) is 8.35. The molecule has 1 aromatic heterocycles. The zero-order valence-electron chi connectivity index (χ0n) is 12.4. The highest BCUT2D eigenvalue weighted by atomic mass is 32.1. The standard InChI is InChI=1S/C16H24N2OS/c1-3-9-17-13(12-19-10-4-2)11-16-18-14-7-5-6-8-15(14)20-16/h5-8,13,17H,3-4,9-12H2,1-2H3. The lowest BCUT2D eigenvalue weighted by Gasteiger charge is -2.17. The highest BCUT2D eigenvalue weighted by Gasteiger charge is 2.12. The van der Waals surface area contributed by atoms with Gasteiger partial charge in [-0.3, -0.25) is 0 Å². The van der Waals surface area contributed by atoms with Crippen LogP contribution in [0, 0.1) is 0 Å². The Hall–Kier alpha value is -0.970. The van der Waals surface area contributed by atoms with Gasteiger partial charge in [-0.2, -0.15) is 0 Å². The summed E-state index contributed by atoms with van der Waals surface area (Å²) >= 11 is 1.79. The highest BCUT2D eigenvalue weighted by Crippen LogP contribution is 2.22. The maximum Gasteiger partial charge on any atom is 0.0955 e. The van der Waals surface area contributed by atoms with Crippen molar-refractivity contribution >= 4 is 21.6 Å². The van der Waals surface area contributed by atoms with Gasteiger partial charge in [0, 0.05) is 19.1 Å². The normalized spacial score (nSPS) is 12.9. The molecule has 0 radical (unpaired) electrons. The Labute approximate surface area is 125 Å². The van der Waals surface area contributed by atoms with Crippen LogP contribution in [0.2, 0.25) is 0 Å². The number of thiazole rings is 1. The minimum absolute atomic E-state index is 0.363. The first kappa shape index (κ1) is 15.4. The molecule has 20 heavy (non-hydrogen) atoms. The van der Waals surface area contributed by atoms with E-state index in [0.29, 0.717) is 6.04 Å². The maximum atomic E-state index is 5.70. The average molecular weight is 292 g/mol. The van der Waals surface area contributed by atoms with Crippen LogP contribution in [0.4, 0.5) is 0 Å². The molecule has 1 aromatic carbocycles. The van der Waals surface area contributed by atoms with Crippen LogP contribution in [0.3, 0.4) is 0 Å². The van der Waals surface area contributed by atoms with Crippen molar-refractivity contribution in [1.29, 1.82) is 0 Å². The van der Waals surface area contributed by atoms with Gasteiger partial charge >= 0.3 is 0 Å². The molecule has 0 bridgehead atoms. The molecule has 2 aromatic rings. The average Bonchev–Trinajstić information content (AvgIpc) is 2.87. The van der Waals surface area contributed by atoms with Gasteiger partial charge < -0.3 is 10.1 Å².